The second kappa shape index (κ2) is 9.50. The fourth-order valence-electron chi connectivity index (χ4n) is 2.75. The molecule has 2 amide bonds. The number of benzene rings is 3. The molecule has 3 rings (SSSR count). The molecular weight excluding hydrogens is 362 g/mol. The van der Waals surface area contributed by atoms with Gasteiger partial charge in [0.25, 0.3) is 0 Å². The molecule has 144 valence electrons. The first-order valence-electron chi connectivity index (χ1n) is 8.85. The summed E-state index contributed by atoms with van der Waals surface area (Å²) < 4.78 is 31.6. The molecule has 0 spiro atoms. The Morgan fingerprint density at radius 2 is 1.50 bits per heavy atom. The number of hydrogen-bond donors (Lipinski definition) is 2. The van der Waals surface area contributed by atoms with Crippen LogP contribution in [-0.2, 0) is 0 Å². The minimum absolute atomic E-state index is 0.0529. The van der Waals surface area contributed by atoms with Crippen LogP contribution in [0.25, 0.3) is 0 Å². The fraction of sp³-hybridized carbons (Fsp3) is 0.136. The van der Waals surface area contributed by atoms with Crippen LogP contribution in [-0.4, -0.2) is 19.2 Å². The number of halogens is 2. The monoisotopic (exact) mass is 382 g/mol. The van der Waals surface area contributed by atoms with Crippen LogP contribution >= 0.6 is 0 Å². The maximum absolute atomic E-state index is 13.5. The second-order valence-corrected chi connectivity index (χ2v) is 6.08. The molecule has 0 aliphatic heterocycles. The van der Waals surface area contributed by atoms with Crippen LogP contribution in [0.3, 0.4) is 0 Å². The number of carbonyl (C=O) groups is 1. The first-order chi connectivity index (χ1) is 13.6. The van der Waals surface area contributed by atoms with E-state index < -0.39 is 11.6 Å². The van der Waals surface area contributed by atoms with Crippen LogP contribution < -0.4 is 15.4 Å². The Hall–Kier alpha value is -3.41. The molecule has 0 aliphatic carbocycles. The van der Waals surface area contributed by atoms with E-state index >= 15 is 0 Å². The van der Waals surface area contributed by atoms with Crippen LogP contribution in [0.1, 0.15) is 17.2 Å². The average Bonchev–Trinajstić information content (AvgIpc) is 2.72. The van der Waals surface area contributed by atoms with Gasteiger partial charge in [-0.25, -0.2) is 13.6 Å². The van der Waals surface area contributed by atoms with Gasteiger partial charge in [-0.15, -0.1) is 0 Å². The van der Waals surface area contributed by atoms with E-state index in [-0.39, 0.29) is 31.0 Å². The summed E-state index contributed by atoms with van der Waals surface area (Å²) in [6.45, 7) is 0.219. The highest BCUT2D eigenvalue weighted by Gasteiger charge is 2.16. The smallest absolute Gasteiger partial charge is 0.315 e. The highest BCUT2D eigenvalue weighted by atomic mass is 19.1. The zero-order chi connectivity index (χ0) is 19.8. The molecule has 28 heavy (non-hydrogen) atoms. The average molecular weight is 382 g/mol. The Bertz CT molecular complexity index is 865. The molecule has 2 N–H and O–H groups in total. The lowest BCUT2D eigenvalue weighted by molar-refractivity contribution is 0.233. The molecule has 0 heterocycles. The van der Waals surface area contributed by atoms with Crippen molar-refractivity contribution in [2.75, 3.05) is 13.2 Å². The summed E-state index contributed by atoms with van der Waals surface area (Å²) in [5.74, 6) is -1.51. The summed E-state index contributed by atoms with van der Waals surface area (Å²) in [7, 11) is 0. The maximum Gasteiger partial charge on any atom is 0.315 e. The van der Waals surface area contributed by atoms with Crippen molar-refractivity contribution >= 4 is 6.03 Å². The molecule has 4 nitrogen and oxygen atoms in total. The van der Waals surface area contributed by atoms with Crippen molar-refractivity contribution in [3.63, 3.8) is 0 Å². The zero-order valence-electron chi connectivity index (χ0n) is 15.1. The van der Waals surface area contributed by atoms with Gasteiger partial charge >= 0.3 is 6.03 Å². The van der Waals surface area contributed by atoms with Crippen molar-refractivity contribution in [1.82, 2.24) is 10.6 Å². The molecule has 0 aromatic heterocycles. The van der Waals surface area contributed by atoms with Crippen molar-refractivity contribution in [2.24, 2.45) is 0 Å². The Morgan fingerprint density at radius 3 is 2.07 bits per heavy atom. The van der Waals surface area contributed by atoms with Gasteiger partial charge in [0.15, 0.2) is 11.6 Å². The molecule has 0 saturated carbocycles. The van der Waals surface area contributed by atoms with Crippen molar-refractivity contribution in [1.29, 1.82) is 0 Å². The number of carbonyl (C=O) groups excluding carboxylic acids is 1. The first kappa shape index (κ1) is 19.4. The maximum atomic E-state index is 13.5. The van der Waals surface area contributed by atoms with E-state index in [2.05, 4.69) is 10.6 Å². The normalized spacial score (nSPS) is 10.5. The Morgan fingerprint density at radius 1 is 0.893 bits per heavy atom. The number of rotatable bonds is 7. The van der Waals surface area contributed by atoms with E-state index in [1.807, 2.05) is 60.7 Å². The molecule has 0 radical (unpaired) electrons. The van der Waals surface area contributed by atoms with Gasteiger partial charge in [0, 0.05) is 6.07 Å². The van der Waals surface area contributed by atoms with Crippen LogP contribution in [0.15, 0.2) is 78.9 Å². The molecule has 0 atom stereocenters. The summed E-state index contributed by atoms with van der Waals surface area (Å²) in [5.41, 5.74) is 1.90. The first-order valence-corrected chi connectivity index (χ1v) is 8.85. The summed E-state index contributed by atoms with van der Waals surface area (Å²) in [4.78, 5) is 12.3. The van der Waals surface area contributed by atoms with Gasteiger partial charge in [0.05, 0.1) is 12.6 Å². The van der Waals surface area contributed by atoms with Crippen LogP contribution in [0.4, 0.5) is 13.6 Å². The lowest BCUT2D eigenvalue weighted by Gasteiger charge is -2.20. The van der Waals surface area contributed by atoms with E-state index in [4.69, 9.17) is 4.74 Å². The number of hydrogen-bond acceptors (Lipinski definition) is 2. The van der Waals surface area contributed by atoms with E-state index in [0.29, 0.717) is 0 Å². The third-order valence-electron chi connectivity index (χ3n) is 4.08. The summed E-state index contributed by atoms with van der Waals surface area (Å²) >= 11 is 0. The van der Waals surface area contributed by atoms with Crippen molar-refractivity contribution in [3.8, 4) is 5.75 Å². The predicted molar refractivity (Wildman–Crippen MR) is 103 cm³/mol. The topological polar surface area (TPSA) is 50.4 Å². The van der Waals surface area contributed by atoms with Crippen molar-refractivity contribution in [2.45, 2.75) is 6.04 Å². The largest absolute Gasteiger partial charge is 0.489 e. The minimum Gasteiger partial charge on any atom is -0.489 e. The summed E-state index contributed by atoms with van der Waals surface area (Å²) in [6.07, 6.45) is 0. The molecule has 0 unspecified atom stereocenters. The molecule has 3 aromatic carbocycles. The number of urea groups is 1. The highest BCUT2D eigenvalue weighted by Crippen LogP contribution is 2.21. The Labute approximate surface area is 162 Å². The van der Waals surface area contributed by atoms with Crippen molar-refractivity contribution in [3.05, 3.63) is 102 Å². The van der Waals surface area contributed by atoms with Crippen LogP contribution in [0, 0.1) is 11.6 Å². The molecule has 3 aromatic rings. The SMILES string of the molecule is O=C(NCCOc1ccc(F)cc1F)NC(c1ccccc1)c1ccccc1. The second-order valence-electron chi connectivity index (χ2n) is 6.08. The lowest BCUT2D eigenvalue weighted by Crippen LogP contribution is -2.40. The third-order valence-corrected chi connectivity index (χ3v) is 4.08. The van der Waals surface area contributed by atoms with Gasteiger partial charge in [0.1, 0.15) is 12.4 Å². The van der Waals surface area contributed by atoms with Crippen LogP contribution in [0.5, 0.6) is 5.75 Å². The zero-order valence-corrected chi connectivity index (χ0v) is 15.1. The van der Waals surface area contributed by atoms with Gasteiger partial charge < -0.3 is 15.4 Å². The quantitative estimate of drug-likeness (QED) is 0.594. The number of nitrogens with one attached hydrogen (secondary N) is 2. The van der Waals surface area contributed by atoms with Gasteiger partial charge in [-0.3, -0.25) is 0 Å². The standard InChI is InChI=1S/C22H20F2N2O2/c23-18-11-12-20(19(24)15-18)28-14-13-25-22(27)26-21(16-7-3-1-4-8-16)17-9-5-2-6-10-17/h1-12,15,21H,13-14H2,(H2,25,26,27). The van der Waals surface area contributed by atoms with Gasteiger partial charge in [-0.05, 0) is 23.3 Å². The molecule has 6 heteroatoms. The fourth-order valence-corrected chi connectivity index (χ4v) is 2.75. The molecule has 0 bridgehead atoms. The lowest BCUT2D eigenvalue weighted by atomic mass is 9.99. The minimum atomic E-state index is -0.780. The van der Waals surface area contributed by atoms with E-state index in [0.717, 1.165) is 23.3 Å². The molecule has 0 saturated heterocycles. The van der Waals surface area contributed by atoms with Gasteiger partial charge in [-0.2, -0.15) is 0 Å². The third kappa shape index (κ3) is 5.30. The molecular formula is C22H20F2N2O2. The van der Waals surface area contributed by atoms with Crippen LogP contribution in [0.2, 0.25) is 0 Å². The summed E-state index contributed by atoms with van der Waals surface area (Å²) in [5, 5.41) is 5.62. The molecule has 0 fully saturated rings. The van der Waals surface area contributed by atoms with E-state index in [9.17, 15) is 13.6 Å². The Balaban J connectivity index is 1.55. The molecule has 0 aliphatic rings. The highest BCUT2D eigenvalue weighted by molar-refractivity contribution is 5.75. The van der Waals surface area contributed by atoms with Gasteiger partial charge in [-0.1, -0.05) is 60.7 Å². The van der Waals surface area contributed by atoms with E-state index in [1.165, 1.54) is 6.07 Å². The summed E-state index contributed by atoms with van der Waals surface area (Å²) in [6, 6.07) is 21.6. The van der Waals surface area contributed by atoms with E-state index in [1.54, 1.807) is 0 Å². The Kier molecular flexibility index (Phi) is 6.57. The number of ether oxygens (including phenoxy) is 1. The predicted octanol–water partition coefficient (Wildman–Crippen LogP) is 4.43. The van der Waals surface area contributed by atoms with Gasteiger partial charge in [0.2, 0.25) is 0 Å². The van der Waals surface area contributed by atoms with Crippen molar-refractivity contribution < 1.29 is 18.3 Å². The number of amides is 2.